The molecule has 26 heavy (non-hydrogen) atoms. The van der Waals surface area contributed by atoms with E-state index >= 15 is 0 Å². The number of allylic oxidation sites excluding steroid dienone is 1. The number of carbonyl (C=O) groups is 2. The van der Waals surface area contributed by atoms with E-state index in [9.17, 15) is 9.59 Å². The summed E-state index contributed by atoms with van der Waals surface area (Å²) in [5.41, 5.74) is 0.840. The highest BCUT2D eigenvalue weighted by atomic mass is 16.5. The van der Waals surface area contributed by atoms with E-state index in [1.807, 2.05) is 0 Å². The first kappa shape index (κ1) is 17.3. The average Bonchev–Trinajstić information content (AvgIpc) is 2.95. The lowest BCUT2D eigenvalue weighted by atomic mass is 10.1. The van der Waals surface area contributed by atoms with Gasteiger partial charge in [-0.3, -0.25) is 4.79 Å². The van der Waals surface area contributed by atoms with Crippen LogP contribution in [-0.4, -0.2) is 38.2 Å². The molecule has 0 amide bonds. The third kappa shape index (κ3) is 2.95. The van der Waals surface area contributed by atoms with Gasteiger partial charge in [-0.2, -0.15) is 0 Å². The van der Waals surface area contributed by atoms with Crippen molar-refractivity contribution in [3.05, 3.63) is 52.8 Å². The summed E-state index contributed by atoms with van der Waals surface area (Å²) in [6.07, 6.45) is 1.53. The van der Waals surface area contributed by atoms with Crippen LogP contribution < -0.4 is 18.9 Å². The Morgan fingerprint density at radius 1 is 1.04 bits per heavy atom. The van der Waals surface area contributed by atoms with Crippen molar-refractivity contribution in [2.45, 2.75) is 0 Å². The summed E-state index contributed by atoms with van der Waals surface area (Å²) in [6.45, 7) is 0. The normalized spacial score (nSPS) is 14.0. The molecule has 0 saturated heterocycles. The summed E-state index contributed by atoms with van der Waals surface area (Å²) < 4.78 is 21.4. The zero-order valence-electron chi connectivity index (χ0n) is 14.4. The van der Waals surface area contributed by atoms with Crippen LogP contribution in [0.25, 0.3) is 6.08 Å². The van der Waals surface area contributed by atoms with Gasteiger partial charge in [-0.15, -0.1) is 0 Å². The summed E-state index contributed by atoms with van der Waals surface area (Å²) in [7, 11) is 4.49. The van der Waals surface area contributed by atoms with E-state index in [1.165, 1.54) is 45.6 Å². The van der Waals surface area contributed by atoms with E-state index in [0.717, 1.165) is 0 Å². The fourth-order valence-electron chi connectivity index (χ4n) is 2.66. The number of Topliss-reactive ketones (excluding diaryl/α,β-unsaturated/α-hetero) is 1. The van der Waals surface area contributed by atoms with Gasteiger partial charge < -0.3 is 24.1 Å². The van der Waals surface area contributed by atoms with Crippen LogP contribution in [0.5, 0.6) is 23.0 Å². The number of rotatable bonds is 5. The topological polar surface area (TPSA) is 91.3 Å². The van der Waals surface area contributed by atoms with Crippen molar-refractivity contribution in [2.24, 2.45) is 0 Å². The molecule has 0 bridgehead atoms. The van der Waals surface area contributed by atoms with Crippen LogP contribution in [0.15, 0.2) is 36.1 Å². The van der Waals surface area contributed by atoms with Crippen LogP contribution in [0.1, 0.15) is 26.3 Å². The molecule has 134 valence electrons. The van der Waals surface area contributed by atoms with E-state index < -0.39 is 11.8 Å². The zero-order chi connectivity index (χ0) is 18.8. The maximum Gasteiger partial charge on any atom is 0.335 e. The van der Waals surface area contributed by atoms with Crippen LogP contribution >= 0.6 is 0 Å². The Morgan fingerprint density at radius 3 is 2.23 bits per heavy atom. The molecule has 0 atom stereocenters. The highest BCUT2D eigenvalue weighted by Crippen LogP contribution is 2.39. The number of carbonyl (C=O) groups excluding carboxylic acids is 1. The predicted molar refractivity (Wildman–Crippen MR) is 92.4 cm³/mol. The molecule has 1 heterocycles. The Bertz CT molecular complexity index is 902. The molecule has 0 aromatic heterocycles. The Balaban J connectivity index is 2.01. The van der Waals surface area contributed by atoms with Gasteiger partial charge in [0.2, 0.25) is 11.5 Å². The van der Waals surface area contributed by atoms with Gasteiger partial charge >= 0.3 is 5.97 Å². The minimum Gasteiger partial charge on any atom is -0.493 e. The van der Waals surface area contributed by atoms with Gasteiger partial charge in [0.15, 0.2) is 17.3 Å². The van der Waals surface area contributed by atoms with Crippen LogP contribution in [0.4, 0.5) is 0 Å². The Kier molecular flexibility index (Phi) is 4.53. The number of hydrogen-bond acceptors (Lipinski definition) is 6. The maximum absolute atomic E-state index is 12.5. The molecule has 0 spiro atoms. The van der Waals surface area contributed by atoms with Crippen molar-refractivity contribution in [1.29, 1.82) is 0 Å². The highest BCUT2D eigenvalue weighted by Gasteiger charge is 2.28. The predicted octanol–water partition coefficient (Wildman–Crippen LogP) is 3.03. The van der Waals surface area contributed by atoms with Crippen molar-refractivity contribution >= 4 is 17.8 Å². The number of benzene rings is 2. The Morgan fingerprint density at radius 2 is 1.69 bits per heavy atom. The third-order valence-electron chi connectivity index (χ3n) is 3.90. The van der Waals surface area contributed by atoms with Crippen molar-refractivity contribution in [3.8, 4) is 23.0 Å². The summed E-state index contributed by atoms with van der Waals surface area (Å²) in [5.74, 6) is 0.213. The molecule has 2 aromatic rings. The van der Waals surface area contributed by atoms with E-state index in [-0.39, 0.29) is 16.9 Å². The lowest BCUT2D eigenvalue weighted by molar-refractivity contribution is 0.0697. The molecule has 0 saturated carbocycles. The van der Waals surface area contributed by atoms with Crippen molar-refractivity contribution in [1.82, 2.24) is 0 Å². The molecule has 1 aliphatic rings. The minimum atomic E-state index is -1.11. The van der Waals surface area contributed by atoms with E-state index in [1.54, 1.807) is 12.1 Å². The molecule has 7 nitrogen and oxygen atoms in total. The standard InChI is InChI=1S/C19H16O7/c1-23-15-7-10(8-16(24-2)18(15)25-3)6-14-17(20)12-9-11(19(21)22)4-5-13(12)26-14/h4-9H,1-3H3,(H,21,22)/b14-6-. The fraction of sp³-hybridized carbons (Fsp3) is 0.158. The number of carboxylic acids is 1. The van der Waals surface area contributed by atoms with Crippen LogP contribution in [-0.2, 0) is 0 Å². The minimum absolute atomic E-state index is 0.0229. The number of carboxylic acid groups (broad SMARTS) is 1. The Labute approximate surface area is 149 Å². The highest BCUT2D eigenvalue weighted by molar-refractivity contribution is 6.15. The van der Waals surface area contributed by atoms with E-state index in [4.69, 9.17) is 24.1 Å². The average molecular weight is 356 g/mol. The molecule has 3 rings (SSSR count). The molecule has 2 aromatic carbocycles. The van der Waals surface area contributed by atoms with Crippen LogP contribution in [0, 0.1) is 0 Å². The second-order valence-corrected chi connectivity index (χ2v) is 5.41. The number of fused-ring (bicyclic) bond motifs is 1. The van der Waals surface area contributed by atoms with Gasteiger partial charge in [0.05, 0.1) is 32.5 Å². The van der Waals surface area contributed by atoms with Crippen LogP contribution in [0.3, 0.4) is 0 Å². The van der Waals surface area contributed by atoms with Crippen molar-refractivity contribution < 1.29 is 33.6 Å². The monoisotopic (exact) mass is 356 g/mol. The maximum atomic E-state index is 12.5. The number of ketones is 1. The summed E-state index contributed by atoms with van der Waals surface area (Å²) in [5, 5.41) is 9.06. The SMILES string of the molecule is COc1cc(/C=C2\Oc3ccc(C(=O)O)cc3C2=O)cc(OC)c1OC. The van der Waals surface area contributed by atoms with Gasteiger partial charge in [0, 0.05) is 0 Å². The first-order valence-corrected chi connectivity index (χ1v) is 7.60. The molecular formula is C19H16O7. The summed E-state index contributed by atoms with van der Waals surface area (Å²) >= 11 is 0. The second kappa shape index (κ2) is 6.79. The van der Waals surface area contributed by atoms with E-state index in [2.05, 4.69) is 0 Å². The van der Waals surface area contributed by atoms with Crippen LogP contribution in [0.2, 0.25) is 0 Å². The number of methoxy groups -OCH3 is 3. The summed E-state index contributed by atoms with van der Waals surface area (Å²) in [6, 6.07) is 7.51. The molecule has 7 heteroatoms. The van der Waals surface area contributed by atoms with Gasteiger partial charge in [0.1, 0.15) is 5.75 Å². The zero-order valence-corrected chi connectivity index (χ0v) is 14.4. The number of aromatic carboxylic acids is 1. The van der Waals surface area contributed by atoms with Crippen molar-refractivity contribution in [2.75, 3.05) is 21.3 Å². The number of ether oxygens (including phenoxy) is 4. The first-order chi connectivity index (χ1) is 12.5. The van der Waals surface area contributed by atoms with Gasteiger partial charge in [-0.1, -0.05) is 0 Å². The first-order valence-electron chi connectivity index (χ1n) is 7.60. The van der Waals surface area contributed by atoms with Gasteiger partial charge in [-0.05, 0) is 42.0 Å². The lowest BCUT2D eigenvalue weighted by Crippen LogP contribution is -2.01. The molecule has 1 N–H and O–H groups in total. The summed E-state index contributed by atoms with van der Waals surface area (Å²) in [4.78, 5) is 23.6. The molecule has 1 aliphatic heterocycles. The second-order valence-electron chi connectivity index (χ2n) is 5.41. The third-order valence-corrected chi connectivity index (χ3v) is 3.90. The fourth-order valence-corrected chi connectivity index (χ4v) is 2.66. The molecule has 0 fully saturated rings. The quantitative estimate of drug-likeness (QED) is 0.823. The molecule has 0 aliphatic carbocycles. The lowest BCUT2D eigenvalue weighted by Gasteiger charge is -2.13. The molecular weight excluding hydrogens is 340 g/mol. The van der Waals surface area contributed by atoms with Crippen molar-refractivity contribution in [3.63, 3.8) is 0 Å². The smallest absolute Gasteiger partial charge is 0.335 e. The van der Waals surface area contributed by atoms with Gasteiger partial charge in [0.25, 0.3) is 0 Å². The van der Waals surface area contributed by atoms with Gasteiger partial charge in [-0.25, -0.2) is 4.79 Å². The molecule has 0 unspecified atom stereocenters. The number of hydrogen-bond donors (Lipinski definition) is 1. The van der Waals surface area contributed by atoms with E-state index in [0.29, 0.717) is 28.6 Å². The molecule has 0 radical (unpaired) electrons. The largest absolute Gasteiger partial charge is 0.493 e. The Hall–Kier alpha value is -3.48.